The minimum Gasteiger partial charge on any atom is -0.384 e. The fourth-order valence-corrected chi connectivity index (χ4v) is 6.68. The van der Waals surface area contributed by atoms with Crippen LogP contribution in [0.2, 0.25) is 0 Å². The van der Waals surface area contributed by atoms with Crippen molar-refractivity contribution >= 4 is 23.2 Å². The van der Waals surface area contributed by atoms with E-state index in [9.17, 15) is 10.1 Å². The van der Waals surface area contributed by atoms with Gasteiger partial charge in [0.2, 0.25) is 0 Å². The second kappa shape index (κ2) is 10.9. The number of hydrogen-bond donors (Lipinski definition) is 1. The summed E-state index contributed by atoms with van der Waals surface area (Å²) in [6, 6.07) is 25.4. The van der Waals surface area contributed by atoms with Crippen LogP contribution in [0.1, 0.15) is 58.6 Å². The van der Waals surface area contributed by atoms with Gasteiger partial charge in [0.1, 0.15) is 5.82 Å². The molecule has 0 saturated carbocycles. The lowest BCUT2D eigenvalue weighted by Crippen LogP contribution is -2.38. The lowest BCUT2D eigenvalue weighted by atomic mass is 9.74. The summed E-state index contributed by atoms with van der Waals surface area (Å²) >= 11 is 1.88. The Balaban J connectivity index is 1.58. The molecule has 0 bridgehead atoms. The summed E-state index contributed by atoms with van der Waals surface area (Å²) in [7, 11) is 0. The average molecular weight is 520 g/mol. The normalized spacial score (nSPS) is 17.5. The Morgan fingerprint density at radius 2 is 1.71 bits per heavy atom. The van der Waals surface area contributed by atoms with Crippen molar-refractivity contribution in [3.63, 3.8) is 0 Å². The molecule has 1 aliphatic carbocycles. The van der Waals surface area contributed by atoms with Crippen molar-refractivity contribution in [3.8, 4) is 6.07 Å². The minimum absolute atomic E-state index is 0.119. The van der Waals surface area contributed by atoms with Crippen molar-refractivity contribution in [2.24, 2.45) is 5.73 Å². The van der Waals surface area contributed by atoms with Crippen LogP contribution in [0.5, 0.6) is 0 Å². The number of ketones is 1. The highest BCUT2D eigenvalue weighted by Gasteiger charge is 2.40. The number of benzene rings is 3. The van der Waals surface area contributed by atoms with E-state index in [0.717, 1.165) is 58.0 Å². The van der Waals surface area contributed by atoms with Gasteiger partial charge in [-0.25, -0.2) is 0 Å². The van der Waals surface area contributed by atoms with Crippen LogP contribution in [0.4, 0.5) is 5.69 Å². The molecular weight excluding hydrogens is 486 g/mol. The van der Waals surface area contributed by atoms with Gasteiger partial charge in [0.15, 0.2) is 5.78 Å². The van der Waals surface area contributed by atoms with E-state index >= 15 is 0 Å². The summed E-state index contributed by atoms with van der Waals surface area (Å²) in [4.78, 5) is 15.5. The van der Waals surface area contributed by atoms with Gasteiger partial charge in [-0.05, 0) is 73.6 Å². The van der Waals surface area contributed by atoms with Gasteiger partial charge in [-0.15, -0.1) is 0 Å². The summed E-state index contributed by atoms with van der Waals surface area (Å²) in [6.45, 7) is 6.26. The Morgan fingerprint density at radius 3 is 2.42 bits per heavy atom. The van der Waals surface area contributed by atoms with E-state index in [4.69, 9.17) is 5.73 Å². The first-order chi connectivity index (χ1) is 18.4. The summed E-state index contributed by atoms with van der Waals surface area (Å²) in [5, 5.41) is 10.4. The third-order valence-corrected chi connectivity index (χ3v) is 8.66. The van der Waals surface area contributed by atoms with Crippen LogP contribution in [-0.4, -0.2) is 5.78 Å². The van der Waals surface area contributed by atoms with E-state index in [-0.39, 0.29) is 5.78 Å². The molecule has 0 radical (unpaired) electrons. The molecule has 1 unspecified atom stereocenters. The lowest BCUT2D eigenvalue weighted by molar-refractivity contribution is -0.116. The van der Waals surface area contributed by atoms with Crippen molar-refractivity contribution < 1.29 is 4.79 Å². The van der Waals surface area contributed by atoms with Gasteiger partial charge in [0, 0.05) is 34.9 Å². The number of nitriles is 1. The molecule has 0 saturated heterocycles. The summed E-state index contributed by atoms with van der Waals surface area (Å²) < 4.78 is 0. The molecule has 3 aromatic rings. The van der Waals surface area contributed by atoms with Crippen LogP contribution < -0.4 is 10.6 Å². The van der Waals surface area contributed by atoms with Gasteiger partial charge in [-0.1, -0.05) is 60.2 Å². The molecule has 1 heterocycles. The van der Waals surface area contributed by atoms with Crippen LogP contribution in [0.15, 0.2) is 89.4 Å². The van der Waals surface area contributed by atoms with Crippen molar-refractivity contribution in [2.45, 2.75) is 57.5 Å². The zero-order valence-electron chi connectivity index (χ0n) is 22.3. The van der Waals surface area contributed by atoms with Gasteiger partial charge >= 0.3 is 0 Å². The number of Topliss-reactive ketones (excluding diaryl/α,β-unsaturated/α-hetero) is 1. The largest absolute Gasteiger partial charge is 0.384 e. The highest BCUT2D eigenvalue weighted by atomic mass is 32.2. The predicted octanol–water partition coefficient (Wildman–Crippen LogP) is 7.35. The van der Waals surface area contributed by atoms with E-state index in [1.807, 2.05) is 53.9 Å². The molecule has 1 atom stereocenters. The number of nitrogens with two attached hydrogens (primary N) is 1. The Morgan fingerprint density at radius 1 is 0.974 bits per heavy atom. The van der Waals surface area contributed by atoms with Crippen LogP contribution in [-0.2, 0) is 16.3 Å². The van der Waals surface area contributed by atoms with Crippen LogP contribution in [0, 0.1) is 32.1 Å². The first-order valence-corrected chi connectivity index (χ1v) is 14.3. The van der Waals surface area contributed by atoms with E-state index < -0.39 is 5.92 Å². The summed E-state index contributed by atoms with van der Waals surface area (Å²) in [5.74, 6) is 1.89. The number of aryl methyl sites for hydroxylation is 3. The van der Waals surface area contributed by atoms with E-state index in [1.165, 1.54) is 16.7 Å². The summed E-state index contributed by atoms with van der Waals surface area (Å²) in [5.41, 5.74) is 16.8. The maximum Gasteiger partial charge on any atom is 0.161 e. The molecule has 0 amide bonds. The smallest absolute Gasteiger partial charge is 0.161 e. The van der Waals surface area contributed by atoms with Crippen LogP contribution in [0.3, 0.4) is 0 Å². The predicted molar refractivity (Wildman–Crippen MR) is 156 cm³/mol. The Kier molecular flexibility index (Phi) is 7.44. The quantitative estimate of drug-likeness (QED) is 0.369. The molecule has 192 valence electrons. The Labute approximate surface area is 229 Å². The third-order valence-electron chi connectivity index (χ3n) is 7.61. The van der Waals surface area contributed by atoms with Crippen LogP contribution >= 0.6 is 11.8 Å². The number of nitrogens with zero attached hydrogens (tertiary/aromatic N) is 2. The van der Waals surface area contributed by atoms with E-state index in [2.05, 4.69) is 56.3 Å². The molecule has 4 nitrogen and oxygen atoms in total. The molecule has 1 aliphatic heterocycles. The maximum absolute atomic E-state index is 13.5. The molecule has 2 aliphatic rings. The van der Waals surface area contributed by atoms with Gasteiger partial charge < -0.3 is 5.73 Å². The molecule has 0 fully saturated rings. The number of carbonyl (C=O) groups is 1. The fourth-order valence-electron chi connectivity index (χ4n) is 5.62. The molecular formula is C33H33N3OS. The monoisotopic (exact) mass is 519 g/mol. The van der Waals surface area contributed by atoms with E-state index in [0.29, 0.717) is 17.8 Å². The number of rotatable bonds is 6. The number of hydrogen-bond acceptors (Lipinski definition) is 5. The van der Waals surface area contributed by atoms with Gasteiger partial charge in [0.25, 0.3) is 0 Å². The number of allylic oxidation sites excluding steroid dienone is 3. The van der Waals surface area contributed by atoms with Crippen molar-refractivity contribution in [1.29, 1.82) is 5.26 Å². The van der Waals surface area contributed by atoms with Crippen molar-refractivity contribution in [2.75, 3.05) is 4.90 Å². The summed E-state index contributed by atoms with van der Waals surface area (Å²) in [6.07, 6.45) is 2.05. The first-order valence-electron chi connectivity index (χ1n) is 13.1. The maximum atomic E-state index is 13.5. The highest BCUT2D eigenvalue weighted by molar-refractivity contribution is 7.97. The molecule has 2 N–H and O–H groups in total. The lowest BCUT2D eigenvalue weighted by Gasteiger charge is -2.40. The van der Waals surface area contributed by atoms with Crippen molar-refractivity contribution in [1.82, 2.24) is 0 Å². The van der Waals surface area contributed by atoms with Crippen molar-refractivity contribution in [3.05, 3.63) is 123 Å². The highest BCUT2D eigenvalue weighted by Crippen LogP contribution is 2.47. The third kappa shape index (κ3) is 4.89. The average Bonchev–Trinajstić information content (AvgIpc) is 2.91. The van der Waals surface area contributed by atoms with Crippen LogP contribution in [0.25, 0.3) is 0 Å². The Bertz CT molecular complexity index is 1480. The second-order valence-corrected chi connectivity index (χ2v) is 11.3. The fraction of sp³-hybridized carbons (Fsp3) is 0.273. The molecule has 5 heteroatoms. The molecule has 0 aromatic heterocycles. The standard InChI is InChI=1S/C33H33N3OS/c1-21-12-14-26(15-13-21)36-29-10-7-11-30(37)32(29)31(28(18-34)33(36)35)27-17-25(22(2)16-23(27)3)20-38-19-24-8-5-4-6-9-24/h4-6,8-9,12-17,31H,7,10-11,19-20,35H2,1-3H3. The first kappa shape index (κ1) is 25.9. The molecule has 38 heavy (non-hydrogen) atoms. The van der Waals surface area contributed by atoms with Gasteiger partial charge in [-0.3, -0.25) is 9.69 Å². The molecule has 3 aromatic carbocycles. The number of carbonyl (C=O) groups excluding carboxylic acids is 1. The van der Waals surface area contributed by atoms with Gasteiger partial charge in [0.05, 0.1) is 17.6 Å². The SMILES string of the molecule is Cc1ccc(N2C(N)=C(C#N)C(c3cc(CSCc4ccccc4)c(C)cc3C)C3=C2CCCC3=O)cc1. The zero-order chi connectivity index (χ0) is 26.8. The number of thioether (sulfide) groups is 1. The molecule has 5 rings (SSSR count). The van der Waals surface area contributed by atoms with Gasteiger partial charge in [-0.2, -0.15) is 17.0 Å². The number of anilines is 1. The molecule has 0 spiro atoms. The second-order valence-electron chi connectivity index (χ2n) is 10.3. The Hall–Kier alpha value is -3.75. The van der Waals surface area contributed by atoms with E-state index in [1.54, 1.807) is 0 Å². The zero-order valence-corrected chi connectivity index (χ0v) is 23.1. The minimum atomic E-state index is -0.442. The topological polar surface area (TPSA) is 70.1 Å².